The summed E-state index contributed by atoms with van der Waals surface area (Å²) in [6, 6.07) is 17.6. The van der Waals surface area contributed by atoms with E-state index in [-0.39, 0.29) is 12.1 Å². The van der Waals surface area contributed by atoms with Crippen LogP contribution in [0.2, 0.25) is 0 Å². The van der Waals surface area contributed by atoms with Crippen LogP contribution >= 0.6 is 0 Å². The van der Waals surface area contributed by atoms with Crippen LogP contribution in [0.1, 0.15) is 30.0 Å². The fraction of sp³-hybridized carbons (Fsp3) is 0.393. The van der Waals surface area contributed by atoms with Gasteiger partial charge in [-0.1, -0.05) is 30.3 Å². The van der Waals surface area contributed by atoms with Gasteiger partial charge in [0.1, 0.15) is 19.3 Å². The minimum absolute atomic E-state index is 0.151. The van der Waals surface area contributed by atoms with Crippen molar-refractivity contribution in [1.82, 2.24) is 34.9 Å². The highest BCUT2D eigenvalue weighted by atomic mass is 16.6. The first-order chi connectivity index (χ1) is 18.3. The number of hydrogen-bond acceptors (Lipinski definition) is 6. The number of aromatic nitrogens is 4. The second kappa shape index (κ2) is 10.7. The highest BCUT2D eigenvalue weighted by Crippen LogP contribution is 2.29. The Morgan fingerprint density at radius 1 is 1.08 bits per heavy atom. The molecule has 6 rings (SSSR count). The van der Waals surface area contributed by atoms with Crippen molar-refractivity contribution in [1.29, 1.82) is 0 Å². The molecule has 2 fully saturated rings. The van der Waals surface area contributed by atoms with Gasteiger partial charge in [0.05, 0.1) is 12.6 Å². The van der Waals surface area contributed by atoms with Gasteiger partial charge in [-0.05, 0) is 48.6 Å². The number of cyclic esters (lactones) is 1. The zero-order chi connectivity index (χ0) is 25.0. The first-order valence-electron chi connectivity index (χ1n) is 13.1. The molecule has 1 amide bonds. The van der Waals surface area contributed by atoms with E-state index in [9.17, 15) is 4.79 Å². The number of fused-ring (bicyclic) bond motifs is 1. The maximum atomic E-state index is 12.3. The minimum atomic E-state index is -0.196. The number of ether oxygens (including phenoxy) is 1. The summed E-state index contributed by atoms with van der Waals surface area (Å²) in [6.45, 7) is 4.68. The molecule has 2 saturated heterocycles. The molecule has 9 nitrogen and oxygen atoms in total. The Hall–Kier alpha value is -3.69. The summed E-state index contributed by atoms with van der Waals surface area (Å²) in [6.07, 6.45) is 8.57. The number of aromatic amines is 1. The lowest BCUT2D eigenvalue weighted by Crippen LogP contribution is -2.54. The van der Waals surface area contributed by atoms with Crippen LogP contribution in [0.4, 0.5) is 4.79 Å². The summed E-state index contributed by atoms with van der Waals surface area (Å²) in [5, 5.41) is 12.7. The fourth-order valence-electron chi connectivity index (χ4n) is 5.73. The van der Waals surface area contributed by atoms with Gasteiger partial charge in [0.2, 0.25) is 0 Å². The third kappa shape index (κ3) is 5.10. The molecule has 2 aliphatic rings. The van der Waals surface area contributed by atoms with Gasteiger partial charge in [-0.3, -0.25) is 9.47 Å². The summed E-state index contributed by atoms with van der Waals surface area (Å²) >= 11 is 0. The molecule has 4 aromatic rings. The van der Waals surface area contributed by atoms with Gasteiger partial charge >= 0.3 is 6.09 Å². The molecule has 4 heterocycles. The number of nitrogens with one attached hydrogen (secondary N) is 2. The summed E-state index contributed by atoms with van der Waals surface area (Å²) < 4.78 is 7.17. The number of rotatable bonds is 9. The quantitative estimate of drug-likeness (QED) is 0.366. The maximum Gasteiger partial charge on any atom is 0.410 e. The number of hydrogen-bond donors (Lipinski definition) is 2. The SMILES string of the molecule is O=C1OCCN1CC(c1ccccc1)N1CCNCC1CCCc1c[nH]c2ccc(-n3cnnc3)cc12. The Kier molecular flexibility index (Phi) is 6.88. The number of benzene rings is 2. The van der Waals surface area contributed by atoms with Gasteiger partial charge < -0.3 is 19.9 Å². The van der Waals surface area contributed by atoms with Crippen LogP contribution in [0.15, 0.2) is 67.4 Å². The minimum Gasteiger partial charge on any atom is -0.448 e. The number of amides is 1. The Morgan fingerprint density at radius 2 is 1.95 bits per heavy atom. The Bertz CT molecular complexity index is 1320. The monoisotopic (exact) mass is 499 g/mol. The van der Waals surface area contributed by atoms with Gasteiger partial charge in [-0.2, -0.15) is 0 Å². The number of aryl methyl sites for hydroxylation is 1. The van der Waals surface area contributed by atoms with Crippen molar-refractivity contribution in [2.24, 2.45) is 0 Å². The standard InChI is InChI=1S/C28H33N7O2/c36-28-33(13-14-37-28)18-27(21-5-2-1-3-6-21)35-12-11-29-17-24(35)8-4-7-22-16-30-26-10-9-23(15-25(22)26)34-19-31-32-20-34/h1-3,5-6,9-10,15-16,19-20,24,27,29-30H,4,7-8,11-14,17-18H2. The Morgan fingerprint density at radius 3 is 2.76 bits per heavy atom. The molecule has 192 valence electrons. The van der Waals surface area contributed by atoms with E-state index in [4.69, 9.17) is 4.74 Å². The van der Waals surface area contributed by atoms with Crippen molar-refractivity contribution in [3.05, 3.63) is 78.5 Å². The lowest BCUT2D eigenvalue weighted by Gasteiger charge is -2.43. The molecule has 2 atom stereocenters. The van der Waals surface area contributed by atoms with Gasteiger partial charge in [0, 0.05) is 55.0 Å². The van der Waals surface area contributed by atoms with E-state index < -0.39 is 0 Å². The molecule has 0 bridgehead atoms. The molecule has 0 spiro atoms. The van der Waals surface area contributed by atoms with Gasteiger partial charge in [-0.15, -0.1) is 10.2 Å². The van der Waals surface area contributed by atoms with Crippen molar-refractivity contribution in [3.63, 3.8) is 0 Å². The second-order valence-electron chi connectivity index (χ2n) is 9.89. The molecule has 0 saturated carbocycles. The number of H-pyrrole nitrogens is 1. The molecule has 9 heteroatoms. The highest BCUT2D eigenvalue weighted by Gasteiger charge is 2.33. The van der Waals surface area contributed by atoms with Gasteiger partial charge in [-0.25, -0.2) is 4.79 Å². The second-order valence-corrected chi connectivity index (χ2v) is 9.89. The summed E-state index contributed by atoms with van der Waals surface area (Å²) in [7, 11) is 0. The van der Waals surface area contributed by atoms with Crippen molar-refractivity contribution in [2.45, 2.75) is 31.3 Å². The van der Waals surface area contributed by atoms with Crippen molar-refractivity contribution >= 4 is 17.0 Å². The van der Waals surface area contributed by atoms with Crippen molar-refractivity contribution in [2.75, 3.05) is 39.3 Å². The average molecular weight is 500 g/mol. The molecule has 2 unspecified atom stereocenters. The average Bonchev–Trinajstić information content (AvgIpc) is 3.70. The van der Waals surface area contributed by atoms with Crippen LogP contribution in [0.3, 0.4) is 0 Å². The highest BCUT2D eigenvalue weighted by molar-refractivity contribution is 5.85. The lowest BCUT2D eigenvalue weighted by molar-refractivity contribution is 0.0783. The molecule has 2 aliphatic heterocycles. The zero-order valence-electron chi connectivity index (χ0n) is 20.9. The van der Waals surface area contributed by atoms with Gasteiger partial charge in [0.15, 0.2) is 0 Å². The van der Waals surface area contributed by atoms with E-state index in [1.54, 1.807) is 12.7 Å². The largest absolute Gasteiger partial charge is 0.448 e. The molecular formula is C28H33N7O2. The third-order valence-electron chi connectivity index (χ3n) is 7.67. The van der Waals surface area contributed by atoms with E-state index >= 15 is 0 Å². The van der Waals surface area contributed by atoms with E-state index in [1.165, 1.54) is 16.5 Å². The van der Waals surface area contributed by atoms with E-state index in [0.29, 0.717) is 25.7 Å². The third-order valence-corrected chi connectivity index (χ3v) is 7.67. The van der Waals surface area contributed by atoms with Crippen molar-refractivity contribution < 1.29 is 9.53 Å². The van der Waals surface area contributed by atoms with E-state index in [0.717, 1.165) is 50.1 Å². The smallest absolute Gasteiger partial charge is 0.410 e. The van der Waals surface area contributed by atoms with Crippen LogP contribution < -0.4 is 5.32 Å². The molecule has 2 N–H and O–H groups in total. The molecule has 37 heavy (non-hydrogen) atoms. The summed E-state index contributed by atoms with van der Waals surface area (Å²) in [5.74, 6) is 0. The topological polar surface area (TPSA) is 91.3 Å². The van der Waals surface area contributed by atoms with Crippen LogP contribution in [-0.2, 0) is 11.2 Å². The molecular weight excluding hydrogens is 466 g/mol. The molecule has 2 aromatic carbocycles. The van der Waals surface area contributed by atoms with Crippen LogP contribution in [0.25, 0.3) is 16.6 Å². The number of nitrogens with zero attached hydrogens (tertiary/aromatic N) is 5. The molecule has 2 aromatic heterocycles. The number of piperazine rings is 1. The summed E-state index contributed by atoms with van der Waals surface area (Å²) in [5.41, 5.74) is 4.80. The first-order valence-corrected chi connectivity index (χ1v) is 13.1. The van der Waals surface area contributed by atoms with Crippen LogP contribution in [0, 0.1) is 0 Å². The number of carbonyl (C=O) groups is 1. The van der Waals surface area contributed by atoms with E-state index in [1.807, 2.05) is 9.47 Å². The summed E-state index contributed by atoms with van der Waals surface area (Å²) in [4.78, 5) is 20.2. The van der Waals surface area contributed by atoms with Gasteiger partial charge in [0.25, 0.3) is 0 Å². The maximum absolute atomic E-state index is 12.3. The molecule has 0 aliphatic carbocycles. The van der Waals surface area contributed by atoms with Crippen LogP contribution in [0.5, 0.6) is 0 Å². The normalized spacial score (nSPS) is 19.4. The predicted octanol–water partition coefficient (Wildman–Crippen LogP) is 3.54. The van der Waals surface area contributed by atoms with Crippen LogP contribution in [-0.4, -0.2) is 81.0 Å². The molecule has 0 radical (unpaired) electrons. The first kappa shape index (κ1) is 23.7. The van der Waals surface area contributed by atoms with E-state index in [2.05, 4.69) is 80.1 Å². The van der Waals surface area contributed by atoms with Crippen molar-refractivity contribution in [3.8, 4) is 5.69 Å². The Balaban J connectivity index is 1.17. The Labute approximate surface area is 216 Å². The zero-order valence-corrected chi connectivity index (χ0v) is 20.9. The number of carbonyl (C=O) groups excluding carboxylic acids is 1. The predicted molar refractivity (Wildman–Crippen MR) is 142 cm³/mol. The fourth-order valence-corrected chi connectivity index (χ4v) is 5.73. The lowest BCUT2D eigenvalue weighted by atomic mass is 9.97.